The molecule has 3 N–H and O–H groups in total. The molecule has 4 heteroatoms. The number of aromatic hydroxyl groups is 1. The lowest BCUT2D eigenvalue weighted by Gasteiger charge is -2.10. The number of anilines is 1. The van der Waals surface area contributed by atoms with Crippen LogP contribution in [0.15, 0.2) is 41.2 Å². The van der Waals surface area contributed by atoms with E-state index in [4.69, 9.17) is 5.73 Å². The number of nitrogens with zero attached hydrogens (tertiary/aromatic N) is 1. The number of phenolic OH excluding ortho intramolecular Hbond substituents is 1. The van der Waals surface area contributed by atoms with E-state index in [0.29, 0.717) is 11.3 Å². The predicted molar refractivity (Wildman–Crippen MR) is 63.2 cm³/mol. The molecule has 0 atom stereocenters. The van der Waals surface area contributed by atoms with E-state index in [9.17, 15) is 9.90 Å². The number of phenols is 1. The van der Waals surface area contributed by atoms with Crippen LogP contribution in [0.25, 0.3) is 11.3 Å². The number of nitrogen functional groups attached to an aromatic ring is 1. The molecule has 2 aromatic rings. The Morgan fingerprint density at radius 3 is 2.56 bits per heavy atom. The van der Waals surface area contributed by atoms with E-state index in [0.717, 1.165) is 0 Å². The molecule has 0 radical (unpaired) electrons. The first-order valence-corrected chi connectivity index (χ1v) is 4.85. The molecule has 82 valence electrons. The first-order chi connectivity index (χ1) is 7.61. The Morgan fingerprint density at radius 2 is 1.88 bits per heavy atom. The number of para-hydroxylation sites is 1. The zero-order valence-electron chi connectivity index (χ0n) is 8.84. The summed E-state index contributed by atoms with van der Waals surface area (Å²) in [6.45, 7) is 0. The van der Waals surface area contributed by atoms with Crippen LogP contribution in [0.2, 0.25) is 0 Å². The fraction of sp³-hybridized carbons (Fsp3) is 0.0833. The summed E-state index contributed by atoms with van der Waals surface area (Å²) in [6, 6.07) is 10.1. The molecule has 1 aromatic carbocycles. The summed E-state index contributed by atoms with van der Waals surface area (Å²) in [7, 11) is 1.63. The largest absolute Gasteiger partial charge is 0.507 e. The lowest BCUT2D eigenvalue weighted by Crippen LogP contribution is -2.21. The number of rotatable bonds is 1. The van der Waals surface area contributed by atoms with Crippen LogP contribution in [0.4, 0.5) is 5.69 Å². The van der Waals surface area contributed by atoms with Gasteiger partial charge in [-0.3, -0.25) is 4.79 Å². The van der Waals surface area contributed by atoms with Gasteiger partial charge in [-0.1, -0.05) is 12.1 Å². The highest BCUT2D eigenvalue weighted by atomic mass is 16.3. The average molecular weight is 216 g/mol. The first kappa shape index (κ1) is 10.3. The minimum atomic E-state index is -0.263. The SMILES string of the molecule is Cn1c(-c2ccccc2O)ccc(N)c1=O. The topological polar surface area (TPSA) is 68.2 Å². The maximum Gasteiger partial charge on any atom is 0.273 e. The van der Waals surface area contributed by atoms with Gasteiger partial charge in [-0.25, -0.2) is 0 Å². The molecule has 0 bridgehead atoms. The van der Waals surface area contributed by atoms with Gasteiger partial charge in [-0.05, 0) is 24.3 Å². The van der Waals surface area contributed by atoms with Gasteiger partial charge < -0.3 is 15.4 Å². The summed E-state index contributed by atoms with van der Waals surface area (Å²) >= 11 is 0. The zero-order valence-corrected chi connectivity index (χ0v) is 8.84. The van der Waals surface area contributed by atoms with Crippen LogP contribution in [0.5, 0.6) is 5.75 Å². The van der Waals surface area contributed by atoms with Crippen molar-refractivity contribution in [3.05, 3.63) is 46.8 Å². The molecule has 0 amide bonds. The van der Waals surface area contributed by atoms with E-state index in [-0.39, 0.29) is 17.0 Å². The van der Waals surface area contributed by atoms with Gasteiger partial charge in [0, 0.05) is 12.6 Å². The number of hydrogen-bond acceptors (Lipinski definition) is 3. The van der Waals surface area contributed by atoms with Crippen molar-refractivity contribution in [3.8, 4) is 17.0 Å². The second-order valence-electron chi connectivity index (χ2n) is 3.56. The molecule has 4 nitrogen and oxygen atoms in total. The molecule has 0 aliphatic rings. The summed E-state index contributed by atoms with van der Waals surface area (Å²) in [6.07, 6.45) is 0. The summed E-state index contributed by atoms with van der Waals surface area (Å²) in [5.41, 5.74) is 6.69. The summed E-state index contributed by atoms with van der Waals surface area (Å²) < 4.78 is 1.42. The van der Waals surface area contributed by atoms with Crippen molar-refractivity contribution < 1.29 is 5.11 Å². The Balaban J connectivity index is 2.71. The van der Waals surface area contributed by atoms with E-state index >= 15 is 0 Å². The van der Waals surface area contributed by atoms with E-state index in [1.54, 1.807) is 43.4 Å². The van der Waals surface area contributed by atoms with Crippen molar-refractivity contribution in [2.24, 2.45) is 7.05 Å². The van der Waals surface area contributed by atoms with Crippen molar-refractivity contribution in [2.45, 2.75) is 0 Å². The minimum Gasteiger partial charge on any atom is -0.507 e. The highest BCUT2D eigenvalue weighted by Crippen LogP contribution is 2.27. The van der Waals surface area contributed by atoms with Crippen LogP contribution >= 0.6 is 0 Å². The van der Waals surface area contributed by atoms with E-state index in [1.807, 2.05) is 0 Å². The number of pyridine rings is 1. The van der Waals surface area contributed by atoms with Crippen LogP contribution in [0.1, 0.15) is 0 Å². The van der Waals surface area contributed by atoms with Crippen molar-refractivity contribution >= 4 is 5.69 Å². The van der Waals surface area contributed by atoms with Crippen molar-refractivity contribution in [1.82, 2.24) is 4.57 Å². The smallest absolute Gasteiger partial charge is 0.273 e. The normalized spacial score (nSPS) is 10.3. The molecule has 0 fully saturated rings. The minimum absolute atomic E-state index is 0.141. The van der Waals surface area contributed by atoms with Crippen molar-refractivity contribution in [3.63, 3.8) is 0 Å². The van der Waals surface area contributed by atoms with E-state index in [1.165, 1.54) is 4.57 Å². The van der Waals surface area contributed by atoms with Gasteiger partial charge in [0.25, 0.3) is 5.56 Å². The maximum atomic E-state index is 11.6. The van der Waals surface area contributed by atoms with Gasteiger partial charge in [0.15, 0.2) is 0 Å². The molecule has 1 aromatic heterocycles. The monoisotopic (exact) mass is 216 g/mol. The van der Waals surface area contributed by atoms with E-state index in [2.05, 4.69) is 0 Å². The number of nitrogens with two attached hydrogens (primary N) is 1. The molecule has 1 heterocycles. The average Bonchev–Trinajstić information content (AvgIpc) is 2.28. The summed E-state index contributed by atoms with van der Waals surface area (Å²) in [5, 5.41) is 9.70. The molecule has 0 aliphatic carbocycles. The van der Waals surface area contributed by atoms with E-state index < -0.39 is 0 Å². The molecule has 0 spiro atoms. The van der Waals surface area contributed by atoms with Gasteiger partial charge in [-0.2, -0.15) is 0 Å². The van der Waals surface area contributed by atoms with Gasteiger partial charge in [-0.15, -0.1) is 0 Å². The Morgan fingerprint density at radius 1 is 1.19 bits per heavy atom. The quantitative estimate of drug-likeness (QED) is 0.755. The first-order valence-electron chi connectivity index (χ1n) is 4.85. The zero-order chi connectivity index (χ0) is 11.7. The Kier molecular flexibility index (Phi) is 2.40. The van der Waals surface area contributed by atoms with Gasteiger partial charge in [0.05, 0.1) is 11.4 Å². The molecule has 0 saturated heterocycles. The number of hydrogen-bond donors (Lipinski definition) is 2. The second kappa shape index (κ2) is 3.73. The summed E-state index contributed by atoms with van der Waals surface area (Å²) in [4.78, 5) is 11.6. The van der Waals surface area contributed by atoms with Crippen LogP contribution in [-0.4, -0.2) is 9.67 Å². The maximum absolute atomic E-state index is 11.6. The highest BCUT2D eigenvalue weighted by molar-refractivity contribution is 5.67. The Bertz CT molecular complexity index is 588. The van der Waals surface area contributed by atoms with Crippen molar-refractivity contribution in [2.75, 3.05) is 5.73 Å². The van der Waals surface area contributed by atoms with Gasteiger partial charge >= 0.3 is 0 Å². The molecular weight excluding hydrogens is 204 g/mol. The number of benzene rings is 1. The summed E-state index contributed by atoms with van der Waals surface area (Å²) in [5.74, 6) is 0.141. The van der Waals surface area contributed by atoms with Gasteiger partial charge in [0.2, 0.25) is 0 Å². The van der Waals surface area contributed by atoms with Crippen LogP contribution in [0, 0.1) is 0 Å². The standard InChI is InChI=1S/C12H12N2O2/c1-14-10(7-6-9(13)12(14)16)8-4-2-3-5-11(8)15/h2-7,15H,13H2,1H3. The van der Waals surface area contributed by atoms with Crippen LogP contribution < -0.4 is 11.3 Å². The van der Waals surface area contributed by atoms with Crippen molar-refractivity contribution in [1.29, 1.82) is 0 Å². The van der Waals surface area contributed by atoms with Gasteiger partial charge in [0.1, 0.15) is 5.75 Å². The third-order valence-electron chi connectivity index (χ3n) is 2.51. The Hall–Kier alpha value is -2.23. The molecular formula is C12H12N2O2. The number of aromatic nitrogens is 1. The van der Waals surface area contributed by atoms with Crippen LogP contribution in [0.3, 0.4) is 0 Å². The fourth-order valence-corrected chi connectivity index (χ4v) is 1.62. The molecule has 2 rings (SSSR count). The Labute approximate surface area is 92.6 Å². The lowest BCUT2D eigenvalue weighted by atomic mass is 10.1. The predicted octanol–water partition coefficient (Wildman–Crippen LogP) is 1.34. The highest BCUT2D eigenvalue weighted by Gasteiger charge is 2.08. The second-order valence-corrected chi connectivity index (χ2v) is 3.56. The molecule has 16 heavy (non-hydrogen) atoms. The third-order valence-corrected chi connectivity index (χ3v) is 2.51. The molecule has 0 aliphatic heterocycles. The molecule has 0 saturated carbocycles. The third kappa shape index (κ3) is 1.54. The fourth-order valence-electron chi connectivity index (χ4n) is 1.62. The lowest BCUT2D eigenvalue weighted by molar-refractivity contribution is 0.476. The van der Waals surface area contributed by atoms with Crippen LogP contribution in [-0.2, 0) is 7.05 Å². The molecule has 0 unspecified atom stereocenters.